The van der Waals surface area contributed by atoms with E-state index in [1.54, 1.807) is 0 Å². The average Bonchev–Trinajstić information content (AvgIpc) is 2.75. The van der Waals surface area contributed by atoms with Gasteiger partial charge in [-0.3, -0.25) is 0 Å². The molecule has 0 radical (unpaired) electrons. The summed E-state index contributed by atoms with van der Waals surface area (Å²) in [7, 11) is 0. The molecular formula is C9H9BrO2Zn. The van der Waals surface area contributed by atoms with Crippen LogP contribution in [-0.2, 0) is 25.8 Å². The quantitative estimate of drug-likeness (QED) is 0.585. The van der Waals surface area contributed by atoms with Gasteiger partial charge in [0, 0.05) is 0 Å². The van der Waals surface area contributed by atoms with Crippen LogP contribution in [0.2, 0.25) is 0 Å². The molecule has 1 aromatic carbocycles. The summed E-state index contributed by atoms with van der Waals surface area (Å²) < 4.78 is 10.6. The van der Waals surface area contributed by atoms with E-state index in [-0.39, 0.29) is 6.29 Å². The molecule has 1 aromatic rings. The normalized spacial score (nSPS) is 16.5. The second-order valence-electron chi connectivity index (χ2n) is 2.39. The zero-order valence-corrected chi connectivity index (χ0v) is 11.8. The summed E-state index contributed by atoms with van der Waals surface area (Å²) in [4.78, 5) is 0. The summed E-state index contributed by atoms with van der Waals surface area (Å²) in [5.74, 6) is 0. The molecule has 0 saturated carbocycles. The Labute approximate surface area is 94.6 Å². The van der Waals surface area contributed by atoms with Gasteiger partial charge in [0.25, 0.3) is 0 Å². The van der Waals surface area contributed by atoms with Crippen LogP contribution < -0.4 is 0 Å². The molecule has 0 bridgehead atoms. The maximum Gasteiger partial charge on any atom is 0.161 e. The number of hydrogen-bond acceptors (Lipinski definition) is 2. The minimum Gasteiger partial charge on any atom is -0.348 e. The van der Waals surface area contributed by atoms with E-state index in [9.17, 15) is 0 Å². The molecule has 0 atom stereocenters. The number of rotatable bonds is 1. The van der Waals surface area contributed by atoms with E-state index >= 15 is 0 Å². The van der Waals surface area contributed by atoms with Gasteiger partial charge in [-0.2, -0.15) is 30.3 Å². The van der Waals surface area contributed by atoms with E-state index in [1.165, 1.54) is 16.3 Å². The third-order valence-electron chi connectivity index (χ3n) is 1.61. The Morgan fingerprint density at radius 2 is 2.00 bits per heavy atom. The molecule has 0 N–H and O–H groups in total. The van der Waals surface area contributed by atoms with Crippen LogP contribution in [0.25, 0.3) is 0 Å². The standard InChI is InChI=1S/C9H9O2.BrH.Zn/c1-2-4-8(5-3-1)9-10-6-7-11-9;;/h1-4,9H,6-7H2;1H;/q-1;;+2/p-1. The van der Waals surface area contributed by atoms with Crippen LogP contribution >= 0.6 is 13.6 Å². The molecule has 1 fully saturated rings. The number of halogens is 1. The summed E-state index contributed by atoms with van der Waals surface area (Å²) in [6.07, 6.45) is -0.184. The zero-order valence-electron chi connectivity index (χ0n) is 7.20. The maximum atomic E-state index is 5.29. The van der Waals surface area contributed by atoms with Crippen LogP contribution in [0.1, 0.15) is 11.9 Å². The molecule has 0 amide bonds. The summed E-state index contributed by atoms with van der Waals surface area (Å²) in [5, 5.41) is 0. The van der Waals surface area contributed by atoms with Crippen molar-refractivity contribution in [1.29, 1.82) is 0 Å². The van der Waals surface area contributed by atoms with E-state index in [4.69, 9.17) is 9.47 Å². The Morgan fingerprint density at radius 3 is 2.54 bits per heavy atom. The van der Waals surface area contributed by atoms with Crippen molar-refractivity contribution in [3.8, 4) is 0 Å². The molecule has 4 heteroatoms. The van der Waals surface area contributed by atoms with E-state index < -0.39 is 0 Å². The second-order valence-corrected chi connectivity index (χ2v) is 2.39. The Kier molecular flexibility index (Phi) is 5.80. The van der Waals surface area contributed by atoms with Crippen molar-refractivity contribution in [2.45, 2.75) is 6.29 Å². The number of hydrogen-bond donors (Lipinski definition) is 0. The zero-order chi connectivity index (χ0) is 9.52. The van der Waals surface area contributed by atoms with Gasteiger partial charge in [-0.15, -0.1) is 5.56 Å². The molecule has 1 saturated heterocycles. The van der Waals surface area contributed by atoms with E-state index in [0.29, 0.717) is 13.2 Å². The van der Waals surface area contributed by atoms with Gasteiger partial charge >= 0.3 is 30.0 Å². The van der Waals surface area contributed by atoms with Crippen LogP contribution in [-0.4, -0.2) is 13.2 Å². The first-order chi connectivity index (χ1) is 6.47. The first-order valence-corrected chi connectivity index (χ1v) is 10.9. The minimum atomic E-state index is -0.184. The minimum absolute atomic E-state index is 0.184. The second kappa shape index (κ2) is 6.66. The van der Waals surface area contributed by atoms with Gasteiger partial charge in [-0.1, -0.05) is 0 Å². The molecule has 0 aromatic heterocycles. The SMILES string of the molecule is [Zn+][Br].[c-]1ccccc1C1OCCO1. The van der Waals surface area contributed by atoms with Crippen molar-refractivity contribution in [3.63, 3.8) is 0 Å². The summed E-state index contributed by atoms with van der Waals surface area (Å²) >= 11 is 4.25. The first-order valence-electron chi connectivity index (χ1n) is 3.93. The third-order valence-corrected chi connectivity index (χ3v) is 1.61. The largest absolute Gasteiger partial charge is 0.348 e. The van der Waals surface area contributed by atoms with Gasteiger partial charge in [0.05, 0.1) is 13.2 Å². The van der Waals surface area contributed by atoms with Crippen LogP contribution in [0.3, 0.4) is 0 Å². The van der Waals surface area contributed by atoms with Crippen molar-refractivity contribution in [2.75, 3.05) is 13.2 Å². The summed E-state index contributed by atoms with van der Waals surface area (Å²) in [6.45, 7) is 1.38. The topological polar surface area (TPSA) is 18.5 Å². The third kappa shape index (κ3) is 3.47. The Bertz CT molecular complexity index is 224. The van der Waals surface area contributed by atoms with Gasteiger partial charge < -0.3 is 9.47 Å². The summed E-state index contributed by atoms with van der Waals surface area (Å²) in [6, 6.07) is 10.8. The van der Waals surface area contributed by atoms with Crippen molar-refractivity contribution in [2.24, 2.45) is 0 Å². The summed E-state index contributed by atoms with van der Waals surface area (Å²) in [5.41, 5.74) is 0.977. The van der Waals surface area contributed by atoms with Gasteiger partial charge in [-0.05, 0) is 0 Å². The monoisotopic (exact) mass is 292 g/mol. The fourth-order valence-corrected chi connectivity index (χ4v) is 1.09. The van der Waals surface area contributed by atoms with Crippen LogP contribution in [0, 0.1) is 6.07 Å². The van der Waals surface area contributed by atoms with Gasteiger partial charge in [-0.25, -0.2) is 0 Å². The fraction of sp³-hybridized carbons (Fsp3) is 0.333. The molecule has 1 aliphatic heterocycles. The maximum absolute atomic E-state index is 5.29. The van der Waals surface area contributed by atoms with Crippen LogP contribution in [0.15, 0.2) is 24.3 Å². The Morgan fingerprint density at radius 1 is 1.31 bits per heavy atom. The van der Waals surface area contributed by atoms with Crippen LogP contribution in [0.4, 0.5) is 0 Å². The molecule has 1 aliphatic rings. The van der Waals surface area contributed by atoms with Crippen molar-refractivity contribution < 1.29 is 25.8 Å². The van der Waals surface area contributed by atoms with E-state index in [2.05, 4.69) is 19.7 Å². The molecule has 2 rings (SSSR count). The smallest absolute Gasteiger partial charge is 0.161 e. The molecule has 0 aliphatic carbocycles. The van der Waals surface area contributed by atoms with E-state index in [1.807, 2.05) is 24.3 Å². The van der Waals surface area contributed by atoms with Crippen molar-refractivity contribution in [1.82, 2.24) is 0 Å². The average molecular weight is 294 g/mol. The molecule has 13 heavy (non-hydrogen) atoms. The van der Waals surface area contributed by atoms with Crippen molar-refractivity contribution in [3.05, 3.63) is 35.9 Å². The van der Waals surface area contributed by atoms with Gasteiger partial charge in [0.1, 0.15) is 0 Å². The van der Waals surface area contributed by atoms with Crippen molar-refractivity contribution >= 4 is 13.6 Å². The number of ether oxygens (including phenoxy) is 2. The molecule has 66 valence electrons. The van der Waals surface area contributed by atoms with Gasteiger partial charge in [0.15, 0.2) is 6.29 Å². The molecule has 1 heterocycles. The Balaban J connectivity index is 0.000000396. The predicted octanol–water partition coefficient (Wildman–Crippen LogP) is 2.38. The van der Waals surface area contributed by atoms with Gasteiger partial charge in [0.2, 0.25) is 0 Å². The first kappa shape index (κ1) is 11.3. The molecule has 0 spiro atoms. The van der Waals surface area contributed by atoms with Crippen LogP contribution in [0.5, 0.6) is 0 Å². The molecular weight excluding hydrogens is 285 g/mol. The van der Waals surface area contributed by atoms with E-state index in [0.717, 1.165) is 5.56 Å². The molecule has 2 nitrogen and oxygen atoms in total. The predicted molar refractivity (Wildman–Crippen MR) is 48.9 cm³/mol. The fourth-order valence-electron chi connectivity index (χ4n) is 1.09. The number of benzene rings is 1. The Hall–Kier alpha value is 0.243. The molecule has 0 unspecified atom stereocenters.